The molecule has 3 nitrogen and oxygen atoms in total. The van der Waals surface area contributed by atoms with Crippen molar-refractivity contribution < 1.29 is 4.79 Å². The summed E-state index contributed by atoms with van der Waals surface area (Å²) in [5, 5.41) is 0. The molecule has 1 aromatic heterocycles. The van der Waals surface area contributed by atoms with Gasteiger partial charge in [-0.3, -0.25) is 4.79 Å². The van der Waals surface area contributed by atoms with Crippen molar-refractivity contribution in [3.63, 3.8) is 0 Å². The van der Waals surface area contributed by atoms with Crippen LogP contribution >= 0.6 is 23.6 Å². The molecule has 0 radical (unpaired) electrons. The van der Waals surface area contributed by atoms with E-state index < -0.39 is 5.91 Å². The van der Waals surface area contributed by atoms with Gasteiger partial charge in [0.25, 0.3) is 0 Å². The van der Waals surface area contributed by atoms with E-state index in [1.165, 1.54) is 11.3 Å². The van der Waals surface area contributed by atoms with E-state index in [0.717, 1.165) is 10.2 Å². The zero-order valence-corrected chi connectivity index (χ0v) is 8.17. The van der Waals surface area contributed by atoms with Crippen molar-refractivity contribution >= 4 is 39.7 Å². The molecule has 0 saturated heterocycles. The van der Waals surface area contributed by atoms with Gasteiger partial charge in [-0.05, 0) is 30.4 Å². The fourth-order valence-electron chi connectivity index (χ4n) is 1.11. The maximum atomic E-state index is 10.8. The summed E-state index contributed by atoms with van der Waals surface area (Å²) in [6, 6.07) is 5.25. The molecule has 0 atom stereocenters. The van der Waals surface area contributed by atoms with E-state index in [1.807, 2.05) is 6.07 Å². The van der Waals surface area contributed by atoms with Crippen molar-refractivity contribution in [2.24, 2.45) is 5.73 Å². The Morgan fingerprint density at radius 2 is 2.31 bits per heavy atom. The first-order valence-corrected chi connectivity index (χ1v) is 4.82. The van der Waals surface area contributed by atoms with Gasteiger partial charge in [0.1, 0.15) is 0 Å². The SMILES string of the molecule is NC(=O)c1ccc2sc(=S)[nH]c2c1. The summed E-state index contributed by atoms with van der Waals surface area (Å²) in [6.07, 6.45) is 0. The molecule has 0 fully saturated rings. The van der Waals surface area contributed by atoms with E-state index in [9.17, 15) is 4.79 Å². The minimum absolute atomic E-state index is 0.424. The zero-order valence-electron chi connectivity index (χ0n) is 6.53. The quantitative estimate of drug-likeness (QED) is 0.708. The Hall–Kier alpha value is -1.20. The number of nitrogens with two attached hydrogens (primary N) is 1. The average Bonchev–Trinajstić information content (AvgIpc) is 2.42. The Kier molecular flexibility index (Phi) is 1.90. The van der Waals surface area contributed by atoms with E-state index in [0.29, 0.717) is 9.52 Å². The van der Waals surface area contributed by atoms with Crippen molar-refractivity contribution in [3.05, 3.63) is 27.7 Å². The molecule has 1 aromatic carbocycles. The molecule has 0 spiro atoms. The highest BCUT2D eigenvalue weighted by Crippen LogP contribution is 2.20. The lowest BCUT2D eigenvalue weighted by Gasteiger charge is -1.93. The molecule has 3 N–H and O–H groups in total. The van der Waals surface area contributed by atoms with E-state index in [-0.39, 0.29) is 0 Å². The maximum absolute atomic E-state index is 10.8. The molecule has 2 aromatic rings. The largest absolute Gasteiger partial charge is 0.366 e. The highest BCUT2D eigenvalue weighted by Gasteiger charge is 2.02. The summed E-state index contributed by atoms with van der Waals surface area (Å²) >= 11 is 6.45. The third-order valence-corrected chi connectivity index (χ3v) is 2.92. The summed E-state index contributed by atoms with van der Waals surface area (Å²) in [5.41, 5.74) is 6.50. The lowest BCUT2D eigenvalue weighted by molar-refractivity contribution is 0.100. The third kappa shape index (κ3) is 1.48. The van der Waals surface area contributed by atoms with Crippen LogP contribution in [0.3, 0.4) is 0 Å². The number of carbonyl (C=O) groups excluding carboxylic acids is 1. The molecule has 66 valence electrons. The maximum Gasteiger partial charge on any atom is 0.248 e. The number of H-pyrrole nitrogens is 1. The van der Waals surface area contributed by atoms with Gasteiger partial charge in [-0.2, -0.15) is 0 Å². The van der Waals surface area contributed by atoms with Crippen LogP contribution in [0, 0.1) is 3.95 Å². The van der Waals surface area contributed by atoms with E-state index in [1.54, 1.807) is 12.1 Å². The van der Waals surface area contributed by atoms with Crippen molar-refractivity contribution in [2.45, 2.75) is 0 Å². The van der Waals surface area contributed by atoms with Gasteiger partial charge in [0, 0.05) is 5.56 Å². The van der Waals surface area contributed by atoms with Crippen LogP contribution in [0.15, 0.2) is 18.2 Å². The molecule has 1 amide bonds. The molecule has 2 rings (SSSR count). The second kappa shape index (κ2) is 2.93. The van der Waals surface area contributed by atoms with Crippen LogP contribution in [0.2, 0.25) is 0 Å². The molecule has 0 unspecified atom stereocenters. The Morgan fingerprint density at radius 3 is 3.00 bits per heavy atom. The van der Waals surface area contributed by atoms with Crippen molar-refractivity contribution in [3.8, 4) is 0 Å². The number of primary amides is 1. The second-order valence-corrected chi connectivity index (χ2v) is 4.31. The van der Waals surface area contributed by atoms with Gasteiger partial charge in [-0.15, -0.1) is 11.3 Å². The monoisotopic (exact) mass is 210 g/mol. The predicted octanol–water partition coefficient (Wildman–Crippen LogP) is 2.06. The van der Waals surface area contributed by atoms with Crippen LogP contribution in [0.1, 0.15) is 10.4 Å². The summed E-state index contributed by atoms with van der Waals surface area (Å²) < 4.78 is 1.74. The van der Waals surface area contributed by atoms with Gasteiger partial charge >= 0.3 is 0 Å². The summed E-state index contributed by atoms with van der Waals surface area (Å²) in [4.78, 5) is 13.8. The molecule has 0 aliphatic heterocycles. The molecular weight excluding hydrogens is 204 g/mol. The Balaban J connectivity index is 2.74. The Labute approximate surface area is 83.2 Å². The minimum atomic E-state index is -0.424. The number of hydrogen-bond acceptors (Lipinski definition) is 3. The number of carbonyl (C=O) groups is 1. The van der Waals surface area contributed by atoms with Gasteiger partial charge in [0.05, 0.1) is 10.2 Å². The minimum Gasteiger partial charge on any atom is -0.366 e. The molecular formula is C8H6N2OS2. The van der Waals surface area contributed by atoms with Gasteiger partial charge < -0.3 is 10.7 Å². The number of nitrogens with one attached hydrogen (secondary N) is 1. The summed E-state index contributed by atoms with van der Waals surface area (Å²) in [6.45, 7) is 0. The summed E-state index contributed by atoms with van der Waals surface area (Å²) in [5.74, 6) is -0.424. The van der Waals surface area contributed by atoms with Crippen molar-refractivity contribution in [2.75, 3.05) is 0 Å². The fourth-order valence-corrected chi connectivity index (χ4v) is 2.20. The van der Waals surface area contributed by atoms with E-state index in [4.69, 9.17) is 18.0 Å². The normalized spacial score (nSPS) is 10.5. The number of benzene rings is 1. The first-order valence-electron chi connectivity index (χ1n) is 3.59. The molecule has 13 heavy (non-hydrogen) atoms. The van der Waals surface area contributed by atoms with Crippen LogP contribution in [0.25, 0.3) is 10.2 Å². The van der Waals surface area contributed by atoms with Crippen LogP contribution in [-0.2, 0) is 0 Å². The molecule has 0 aliphatic carbocycles. The molecule has 0 aliphatic rings. The summed E-state index contributed by atoms with van der Waals surface area (Å²) in [7, 11) is 0. The number of hydrogen-bond donors (Lipinski definition) is 2. The van der Waals surface area contributed by atoms with Crippen molar-refractivity contribution in [1.82, 2.24) is 4.98 Å². The van der Waals surface area contributed by atoms with Crippen LogP contribution in [0.5, 0.6) is 0 Å². The number of amides is 1. The van der Waals surface area contributed by atoms with Gasteiger partial charge in [0.15, 0.2) is 3.95 Å². The first-order chi connectivity index (χ1) is 6.16. The molecule has 5 heteroatoms. The van der Waals surface area contributed by atoms with Crippen LogP contribution in [0.4, 0.5) is 0 Å². The van der Waals surface area contributed by atoms with Crippen LogP contribution < -0.4 is 5.73 Å². The smallest absolute Gasteiger partial charge is 0.248 e. The van der Waals surface area contributed by atoms with E-state index >= 15 is 0 Å². The highest BCUT2D eigenvalue weighted by molar-refractivity contribution is 7.73. The second-order valence-electron chi connectivity index (χ2n) is 2.59. The van der Waals surface area contributed by atoms with Gasteiger partial charge in [-0.1, -0.05) is 0 Å². The third-order valence-electron chi connectivity index (χ3n) is 1.70. The lowest BCUT2D eigenvalue weighted by atomic mass is 10.2. The number of thiazole rings is 1. The Bertz CT molecular complexity index is 526. The molecule has 0 bridgehead atoms. The number of fused-ring (bicyclic) bond motifs is 1. The molecule has 0 saturated carbocycles. The van der Waals surface area contributed by atoms with Crippen molar-refractivity contribution in [1.29, 1.82) is 0 Å². The Morgan fingerprint density at radius 1 is 1.54 bits per heavy atom. The number of rotatable bonds is 1. The fraction of sp³-hybridized carbons (Fsp3) is 0. The van der Waals surface area contributed by atoms with E-state index in [2.05, 4.69) is 4.98 Å². The first kappa shape index (κ1) is 8.40. The average molecular weight is 210 g/mol. The molecule has 1 heterocycles. The number of aromatic amines is 1. The standard InChI is InChI=1S/C8H6N2OS2/c9-7(11)4-1-2-6-5(3-4)10-8(12)13-6/h1-3H,(H2,9,11)(H,10,12). The highest BCUT2D eigenvalue weighted by atomic mass is 32.1. The predicted molar refractivity (Wildman–Crippen MR) is 55.5 cm³/mol. The zero-order chi connectivity index (χ0) is 9.42. The van der Waals surface area contributed by atoms with Crippen LogP contribution in [-0.4, -0.2) is 10.9 Å². The van der Waals surface area contributed by atoms with Gasteiger partial charge in [-0.25, -0.2) is 0 Å². The topological polar surface area (TPSA) is 58.9 Å². The van der Waals surface area contributed by atoms with Gasteiger partial charge in [0.2, 0.25) is 5.91 Å². The lowest BCUT2D eigenvalue weighted by Crippen LogP contribution is -2.10. The number of aromatic nitrogens is 1.